The number of nitrogens with zero attached hydrogens (tertiary/aromatic N) is 1. The summed E-state index contributed by atoms with van der Waals surface area (Å²) in [6.45, 7) is 1.97. The summed E-state index contributed by atoms with van der Waals surface area (Å²) < 4.78 is 64.1. The maximum absolute atomic E-state index is 12.7. The molecule has 1 fully saturated rings. The number of H-pyrrole nitrogens is 1. The molecule has 1 aromatic rings. The van der Waals surface area contributed by atoms with E-state index in [1.165, 1.54) is 17.7 Å². The molecule has 5 atom stereocenters. The number of hydrogen-bond acceptors (Lipinski definition) is 16. The van der Waals surface area contributed by atoms with Gasteiger partial charge in [-0.2, -0.15) is 8.62 Å². The fraction of sp³-hybridized carbons (Fsp3) is 0.640. The molecule has 0 aliphatic carbocycles. The number of alkyl carbamates (subject to hydrolysis) is 1. The Balaban J connectivity index is 2.01. The number of aromatic amines is 1. The monoisotopic (exact) mass is 825 g/mol. The molecule has 3 unspecified atom stereocenters. The average Bonchev–Trinajstić information content (AvgIpc) is 3.40. The normalized spacial score (nSPS) is 19.7. The summed E-state index contributed by atoms with van der Waals surface area (Å²) in [4.78, 5) is 98.3. The van der Waals surface area contributed by atoms with Crippen molar-refractivity contribution in [2.24, 2.45) is 0 Å². The summed E-state index contributed by atoms with van der Waals surface area (Å²) in [5, 5.41) is 2.39. The van der Waals surface area contributed by atoms with Crippen LogP contribution in [0, 0.1) is 11.8 Å². The standard InChI is InChI=1S/C25H38N3O18P3S2/c1-3-19(30)7-5-12-50-51-13-11-42-25(33)26-9-4-6-18-15-28(24(32)27-23(18)31)22-14-20(41-10-8-17(2)29)21(44-22)16-43-48(37,38)46-49(39,40)45-47(34,35)36/h15,20-22H,3,5,7-14,16H2,1-2H3,(H,26,33)(H,37,38)(H,39,40)(H,27,31,32)(H2,34,35,36)/t20?,21-,22-/m1/s1. The molecular formula is C25H38N3O18P3S2. The zero-order valence-corrected chi connectivity index (χ0v) is 31.5. The van der Waals surface area contributed by atoms with E-state index in [4.69, 9.17) is 24.0 Å². The second-order valence-corrected chi connectivity index (χ2v) is 17.4. The molecule has 1 aliphatic heterocycles. The quantitative estimate of drug-likeness (QED) is 0.0420. The van der Waals surface area contributed by atoms with E-state index in [-0.39, 0.29) is 49.7 Å². The van der Waals surface area contributed by atoms with E-state index in [1.54, 1.807) is 10.8 Å². The molecule has 1 amide bonds. The highest BCUT2D eigenvalue weighted by Gasteiger charge is 2.43. The molecule has 6 N–H and O–H groups in total. The molecule has 51 heavy (non-hydrogen) atoms. The first-order chi connectivity index (χ1) is 23.8. The lowest BCUT2D eigenvalue weighted by Crippen LogP contribution is -2.34. The second-order valence-electron chi connectivity index (χ2n) is 10.3. The molecule has 0 spiro atoms. The van der Waals surface area contributed by atoms with Crippen molar-refractivity contribution in [2.75, 3.05) is 37.9 Å². The van der Waals surface area contributed by atoms with Gasteiger partial charge in [0.05, 0.1) is 25.9 Å². The van der Waals surface area contributed by atoms with E-state index in [9.17, 15) is 47.5 Å². The lowest BCUT2D eigenvalue weighted by atomic mass is 10.2. The third-order valence-electron chi connectivity index (χ3n) is 6.17. The van der Waals surface area contributed by atoms with Crippen LogP contribution in [0.25, 0.3) is 0 Å². The topological polar surface area (TPSA) is 306 Å². The zero-order chi connectivity index (χ0) is 38.2. The van der Waals surface area contributed by atoms with Crippen LogP contribution in [0.4, 0.5) is 4.79 Å². The van der Waals surface area contributed by atoms with Crippen LogP contribution in [0.2, 0.25) is 0 Å². The number of carbonyl (C=O) groups excluding carboxylic acids is 3. The Hall–Kier alpha value is -2.12. The fourth-order valence-electron chi connectivity index (χ4n) is 3.91. The van der Waals surface area contributed by atoms with Gasteiger partial charge < -0.3 is 39.1 Å². The maximum Gasteiger partial charge on any atom is 0.490 e. The van der Waals surface area contributed by atoms with Gasteiger partial charge in [0.2, 0.25) is 0 Å². The zero-order valence-electron chi connectivity index (χ0n) is 27.2. The number of Topliss-reactive ketones (excluding diaryl/α,β-unsaturated/α-hetero) is 2. The van der Waals surface area contributed by atoms with Gasteiger partial charge in [-0.05, 0) is 13.3 Å². The summed E-state index contributed by atoms with van der Waals surface area (Å²) in [6, 6.07) is 0. The van der Waals surface area contributed by atoms with Crippen LogP contribution in [0.1, 0.15) is 57.7 Å². The second kappa shape index (κ2) is 21.5. The molecule has 0 radical (unpaired) electrons. The van der Waals surface area contributed by atoms with Gasteiger partial charge in [0.1, 0.15) is 36.1 Å². The first kappa shape index (κ1) is 45.0. The highest BCUT2D eigenvalue weighted by atomic mass is 33.1. The lowest BCUT2D eigenvalue weighted by Gasteiger charge is -2.21. The minimum Gasteiger partial charge on any atom is -0.449 e. The van der Waals surface area contributed by atoms with Crippen molar-refractivity contribution >= 4 is 62.7 Å². The Bertz CT molecular complexity index is 1690. The highest BCUT2D eigenvalue weighted by Crippen LogP contribution is 2.66. The molecular weight excluding hydrogens is 787 g/mol. The van der Waals surface area contributed by atoms with Crippen molar-refractivity contribution in [3.8, 4) is 11.8 Å². The number of phosphoric ester groups is 1. The van der Waals surface area contributed by atoms with Gasteiger partial charge in [0.15, 0.2) is 0 Å². The molecule has 2 heterocycles. The van der Waals surface area contributed by atoms with Crippen molar-refractivity contribution in [1.82, 2.24) is 14.9 Å². The number of amides is 1. The number of nitrogens with one attached hydrogen (secondary N) is 2. The van der Waals surface area contributed by atoms with E-state index in [0.29, 0.717) is 18.6 Å². The molecule has 26 heteroatoms. The number of carbonyl (C=O) groups is 3. The number of ketones is 2. The summed E-state index contributed by atoms with van der Waals surface area (Å²) in [5.74, 6) is 6.35. The largest absolute Gasteiger partial charge is 0.490 e. The van der Waals surface area contributed by atoms with Crippen molar-refractivity contribution in [1.29, 1.82) is 0 Å². The van der Waals surface area contributed by atoms with E-state index >= 15 is 0 Å². The van der Waals surface area contributed by atoms with E-state index < -0.39 is 65.9 Å². The van der Waals surface area contributed by atoms with E-state index in [2.05, 4.69) is 35.3 Å². The van der Waals surface area contributed by atoms with E-state index in [0.717, 1.165) is 22.9 Å². The van der Waals surface area contributed by atoms with Crippen LogP contribution >= 0.6 is 45.1 Å². The first-order valence-electron chi connectivity index (χ1n) is 14.9. The summed E-state index contributed by atoms with van der Waals surface area (Å²) in [6.07, 6.45) is -1.59. The van der Waals surface area contributed by atoms with Crippen LogP contribution in [0.15, 0.2) is 15.8 Å². The van der Waals surface area contributed by atoms with Gasteiger partial charge in [-0.15, -0.1) is 0 Å². The van der Waals surface area contributed by atoms with Crippen molar-refractivity contribution in [2.45, 2.75) is 64.4 Å². The van der Waals surface area contributed by atoms with Crippen LogP contribution in [0.5, 0.6) is 0 Å². The Morgan fingerprint density at radius 1 is 1.06 bits per heavy atom. The molecule has 2 rings (SSSR count). The molecule has 1 aliphatic rings. The van der Waals surface area contributed by atoms with Gasteiger partial charge in [0, 0.05) is 43.4 Å². The minimum absolute atomic E-state index is 0.0367. The van der Waals surface area contributed by atoms with Gasteiger partial charge in [-0.1, -0.05) is 40.4 Å². The van der Waals surface area contributed by atoms with E-state index in [1.807, 2.05) is 6.92 Å². The van der Waals surface area contributed by atoms with Gasteiger partial charge in [0.25, 0.3) is 5.56 Å². The molecule has 21 nitrogen and oxygen atoms in total. The molecule has 0 saturated carbocycles. The third kappa shape index (κ3) is 18.5. The maximum atomic E-state index is 12.7. The number of rotatable bonds is 22. The summed E-state index contributed by atoms with van der Waals surface area (Å²) >= 11 is 0. The van der Waals surface area contributed by atoms with Crippen LogP contribution in [-0.4, -0.2) is 96.9 Å². The highest BCUT2D eigenvalue weighted by molar-refractivity contribution is 8.76. The Morgan fingerprint density at radius 2 is 1.76 bits per heavy atom. The van der Waals surface area contributed by atoms with Gasteiger partial charge in [-0.25, -0.2) is 23.3 Å². The predicted molar refractivity (Wildman–Crippen MR) is 180 cm³/mol. The molecule has 0 aromatic carbocycles. The fourth-order valence-corrected chi connectivity index (χ4v) is 8.85. The third-order valence-corrected chi connectivity index (χ3v) is 12.4. The number of phosphoric acid groups is 3. The lowest BCUT2D eigenvalue weighted by molar-refractivity contribution is -0.119. The smallest absolute Gasteiger partial charge is 0.449 e. The number of aromatic nitrogens is 2. The summed E-state index contributed by atoms with van der Waals surface area (Å²) in [7, 11) is -13.9. The number of hydrogen-bond donors (Lipinski definition) is 6. The predicted octanol–water partition coefficient (Wildman–Crippen LogP) is 1.75. The van der Waals surface area contributed by atoms with Crippen molar-refractivity contribution in [3.63, 3.8) is 0 Å². The van der Waals surface area contributed by atoms with Gasteiger partial charge >= 0.3 is 35.3 Å². The molecule has 1 saturated heterocycles. The first-order valence-corrected chi connectivity index (χ1v) is 21.9. The summed E-state index contributed by atoms with van der Waals surface area (Å²) in [5.41, 5.74) is -2.02. The Morgan fingerprint density at radius 3 is 2.43 bits per heavy atom. The molecule has 0 bridgehead atoms. The van der Waals surface area contributed by atoms with Crippen molar-refractivity contribution in [3.05, 3.63) is 32.6 Å². The minimum atomic E-state index is -5.79. The average molecular weight is 826 g/mol. The van der Waals surface area contributed by atoms with Crippen LogP contribution in [0.3, 0.4) is 0 Å². The Labute approximate surface area is 298 Å². The van der Waals surface area contributed by atoms with Gasteiger partial charge in [-0.3, -0.25) is 28.5 Å². The SMILES string of the molecule is CCC(=O)CCCSSCCOC(=O)NCC#Cc1cn([C@H]2CC(OCCC(C)=O)[C@@H](COP(=O)(O)OP(=O)(O)OP(=O)(O)O)O2)c(=O)[nH]c1=O. The number of ether oxygens (including phenoxy) is 3. The Kier molecular flexibility index (Phi) is 19.0. The van der Waals surface area contributed by atoms with Crippen LogP contribution in [-0.2, 0) is 50.6 Å². The van der Waals surface area contributed by atoms with Crippen LogP contribution < -0.4 is 16.6 Å². The van der Waals surface area contributed by atoms with Crippen molar-refractivity contribution < 1.29 is 75.0 Å². The molecule has 288 valence electrons. The molecule has 1 aromatic heterocycles.